The molecule has 0 unspecified atom stereocenters. The van der Waals surface area contributed by atoms with Crippen LogP contribution >= 0.6 is 0 Å². The second-order valence-corrected chi connectivity index (χ2v) is 6.00. The maximum Gasteiger partial charge on any atom is 0.167 e. The van der Waals surface area contributed by atoms with Crippen LogP contribution in [0.4, 0.5) is 0 Å². The molecule has 0 aliphatic carbocycles. The van der Waals surface area contributed by atoms with E-state index in [2.05, 4.69) is 0 Å². The first-order valence-corrected chi connectivity index (χ1v) is 8.15. The molecule has 0 spiro atoms. The molecule has 122 valence electrons. The van der Waals surface area contributed by atoms with Crippen molar-refractivity contribution in [1.29, 1.82) is 0 Å². The van der Waals surface area contributed by atoms with Crippen LogP contribution in [0.25, 0.3) is 16.6 Å². The third-order valence-electron chi connectivity index (χ3n) is 4.21. The van der Waals surface area contributed by atoms with Crippen LogP contribution in [0.1, 0.15) is 16.1 Å². The van der Waals surface area contributed by atoms with Crippen LogP contribution in [0, 0.1) is 6.92 Å². The summed E-state index contributed by atoms with van der Waals surface area (Å²) >= 11 is 0. The molecular weight excluding hydrogens is 310 g/mol. The lowest BCUT2D eigenvalue weighted by Gasteiger charge is -2.06. The van der Waals surface area contributed by atoms with Gasteiger partial charge in [0, 0.05) is 17.3 Å². The second-order valence-electron chi connectivity index (χ2n) is 6.00. The first kappa shape index (κ1) is 15.2. The molecule has 2 heterocycles. The minimum absolute atomic E-state index is 0.662. The summed E-state index contributed by atoms with van der Waals surface area (Å²) in [4.78, 5) is 11.6. The molecule has 0 atom stereocenters. The molecule has 3 nitrogen and oxygen atoms in total. The number of fused-ring (bicyclic) bond motifs is 1. The van der Waals surface area contributed by atoms with Crippen LogP contribution in [-0.2, 0) is 0 Å². The Morgan fingerprint density at radius 3 is 2.32 bits per heavy atom. The highest BCUT2D eigenvalue weighted by atomic mass is 16.5. The summed E-state index contributed by atoms with van der Waals surface area (Å²) in [6.45, 7) is 2.02. The molecule has 4 rings (SSSR count). The van der Waals surface area contributed by atoms with Gasteiger partial charge in [-0.3, -0.25) is 4.79 Å². The number of carbonyl (C=O) groups excluding carboxylic acids is 1. The zero-order valence-corrected chi connectivity index (χ0v) is 13.8. The summed E-state index contributed by atoms with van der Waals surface area (Å²) in [6, 6.07) is 23.6. The molecule has 0 radical (unpaired) electrons. The predicted molar refractivity (Wildman–Crippen MR) is 99.5 cm³/mol. The van der Waals surface area contributed by atoms with Crippen molar-refractivity contribution in [2.24, 2.45) is 0 Å². The lowest BCUT2D eigenvalue weighted by atomic mass is 10.1. The van der Waals surface area contributed by atoms with Crippen LogP contribution in [0.5, 0.6) is 11.5 Å². The van der Waals surface area contributed by atoms with Gasteiger partial charge in [0.05, 0.1) is 5.69 Å². The van der Waals surface area contributed by atoms with Gasteiger partial charge in [0.1, 0.15) is 11.5 Å². The number of pyridine rings is 1. The van der Waals surface area contributed by atoms with E-state index in [1.807, 2.05) is 90.3 Å². The van der Waals surface area contributed by atoms with Crippen molar-refractivity contribution in [3.05, 3.63) is 90.3 Å². The van der Waals surface area contributed by atoms with E-state index in [0.29, 0.717) is 5.69 Å². The molecule has 25 heavy (non-hydrogen) atoms. The molecule has 2 aromatic heterocycles. The molecule has 3 heteroatoms. The fourth-order valence-electron chi connectivity index (χ4n) is 2.97. The van der Waals surface area contributed by atoms with Crippen LogP contribution in [0.3, 0.4) is 0 Å². The number of carbonyl (C=O) groups is 1. The average molecular weight is 327 g/mol. The summed E-state index contributed by atoms with van der Waals surface area (Å²) < 4.78 is 7.76. The standard InChI is InChI=1S/C22H17NO2/c1-16-7-10-18-13-21(22(15-24)23(18)14-16)17-8-11-20(12-9-17)25-19-5-3-2-4-6-19/h2-15H,1H3. The predicted octanol–water partition coefficient (Wildman–Crippen LogP) is 5.52. The number of nitrogens with zero attached hydrogens (tertiary/aromatic N) is 1. The Morgan fingerprint density at radius 2 is 1.60 bits per heavy atom. The van der Waals surface area contributed by atoms with Gasteiger partial charge in [-0.05, 0) is 54.4 Å². The maximum absolute atomic E-state index is 11.6. The van der Waals surface area contributed by atoms with Gasteiger partial charge in [-0.25, -0.2) is 0 Å². The van der Waals surface area contributed by atoms with Gasteiger partial charge in [0.15, 0.2) is 6.29 Å². The number of para-hydroxylation sites is 1. The molecule has 2 aromatic carbocycles. The SMILES string of the molecule is Cc1ccc2cc(-c3ccc(Oc4ccccc4)cc3)c(C=O)n2c1. The fraction of sp³-hybridized carbons (Fsp3) is 0.0455. The molecule has 0 bridgehead atoms. The second kappa shape index (κ2) is 6.29. The van der Waals surface area contributed by atoms with E-state index in [0.717, 1.165) is 40.0 Å². The van der Waals surface area contributed by atoms with Crippen LogP contribution < -0.4 is 4.74 Å². The van der Waals surface area contributed by atoms with E-state index in [-0.39, 0.29) is 0 Å². The van der Waals surface area contributed by atoms with Gasteiger partial charge in [0.25, 0.3) is 0 Å². The largest absolute Gasteiger partial charge is 0.457 e. The third-order valence-corrected chi connectivity index (χ3v) is 4.21. The number of hydrogen-bond acceptors (Lipinski definition) is 2. The van der Waals surface area contributed by atoms with Crippen molar-refractivity contribution in [2.75, 3.05) is 0 Å². The first-order valence-electron chi connectivity index (χ1n) is 8.15. The molecule has 4 aromatic rings. The van der Waals surface area contributed by atoms with E-state index in [9.17, 15) is 4.79 Å². The van der Waals surface area contributed by atoms with Crippen LogP contribution in [-0.4, -0.2) is 10.7 Å². The lowest BCUT2D eigenvalue weighted by Crippen LogP contribution is -1.93. The van der Waals surface area contributed by atoms with Gasteiger partial charge in [-0.15, -0.1) is 0 Å². The van der Waals surface area contributed by atoms with Crippen LogP contribution in [0.2, 0.25) is 0 Å². The highest BCUT2D eigenvalue weighted by molar-refractivity contribution is 5.90. The lowest BCUT2D eigenvalue weighted by molar-refractivity contribution is 0.111. The van der Waals surface area contributed by atoms with E-state index in [1.165, 1.54) is 0 Å². The van der Waals surface area contributed by atoms with Crippen molar-refractivity contribution in [2.45, 2.75) is 6.92 Å². The summed E-state index contributed by atoms with van der Waals surface area (Å²) in [7, 11) is 0. The maximum atomic E-state index is 11.6. The summed E-state index contributed by atoms with van der Waals surface area (Å²) in [5.41, 5.74) is 4.70. The van der Waals surface area contributed by atoms with Gasteiger partial charge in [-0.2, -0.15) is 0 Å². The zero-order valence-electron chi connectivity index (χ0n) is 13.8. The van der Waals surface area contributed by atoms with E-state index < -0.39 is 0 Å². The molecule has 0 N–H and O–H groups in total. The number of rotatable bonds is 4. The summed E-state index contributed by atoms with van der Waals surface area (Å²) in [5, 5.41) is 0. The number of aldehydes is 1. The Bertz CT molecular complexity index is 1030. The van der Waals surface area contributed by atoms with Gasteiger partial charge in [0.2, 0.25) is 0 Å². The Kier molecular flexibility index (Phi) is 3.82. The monoisotopic (exact) mass is 327 g/mol. The Morgan fingerprint density at radius 1 is 0.880 bits per heavy atom. The Labute approximate surface area is 146 Å². The summed E-state index contributed by atoms with van der Waals surface area (Å²) in [5.74, 6) is 1.57. The quantitative estimate of drug-likeness (QED) is 0.462. The molecule has 0 amide bonds. The van der Waals surface area contributed by atoms with Crippen molar-refractivity contribution in [3.63, 3.8) is 0 Å². The van der Waals surface area contributed by atoms with Crippen molar-refractivity contribution >= 4 is 11.8 Å². The molecule has 0 saturated heterocycles. The van der Waals surface area contributed by atoms with Gasteiger partial charge in [-0.1, -0.05) is 36.4 Å². The molecule has 0 aliphatic heterocycles. The van der Waals surface area contributed by atoms with Crippen molar-refractivity contribution < 1.29 is 9.53 Å². The topological polar surface area (TPSA) is 30.7 Å². The minimum Gasteiger partial charge on any atom is -0.457 e. The fourth-order valence-corrected chi connectivity index (χ4v) is 2.97. The number of aromatic nitrogens is 1. The van der Waals surface area contributed by atoms with E-state index in [4.69, 9.17) is 4.74 Å². The van der Waals surface area contributed by atoms with Crippen molar-refractivity contribution in [1.82, 2.24) is 4.40 Å². The highest BCUT2D eigenvalue weighted by Gasteiger charge is 2.11. The van der Waals surface area contributed by atoms with E-state index >= 15 is 0 Å². The number of hydrogen-bond donors (Lipinski definition) is 0. The number of aryl methyl sites for hydroxylation is 1. The molecule has 0 aliphatic rings. The highest BCUT2D eigenvalue weighted by Crippen LogP contribution is 2.30. The third kappa shape index (κ3) is 2.92. The van der Waals surface area contributed by atoms with Gasteiger partial charge < -0.3 is 9.14 Å². The normalized spacial score (nSPS) is 10.8. The zero-order chi connectivity index (χ0) is 17.2. The number of benzene rings is 2. The Balaban J connectivity index is 1.70. The van der Waals surface area contributed by atoms with Crippen molar-refractivity contribution in [3.8, 4) is 22.6 Å². The smallest absolute Gasteiger partial charge is 0.167 e. The molecule has 0 saturated carbocycles. The first-order chi connectivity index (χ1) is 12.2. The van der Waals surface area contributed by atoms with E-state index in [1.54, 1.807) is 0 Å². The Hall–Kier alpha value is -3.33. The summed E-state index contributed by atoms with van der Waals surface area (Å²) in [6.07, 6.45) is 2.89. The minimum atomic E-state index is 0.662. The average Bonchev–Trinajstić information content (AvgIpc) is 3.01. The molecular formula is C22H17NO2. The van der Waals surface area contributed by atoms with Crippen LogP contribution in [0.15, 0.2) is 79.0 Å². The number of ether oxygens (including phenoxy) is 1. The van der Waals surface area contributed by atoms with Gasteiger partial charge >= 0.3 is 0 Å². The molecule has 0 fully saturated rings.